The second-order valence-electron chi connectivity index (χ2n) is 2.82. The molecule has 1 saturated heterocycles. The lowest BCUT2D eigenvalue weighted by molar-refractivity contribution is -0.0496. The van der Waals surface area contributed by atoms with Crippen LogP contribution in [0.2, 0.25) is 0 Å². The lowest BCUT2D eigenvalue weighted by Gasteiger charge is -2.11. The average Bonchev–Trinajstić information content (AvgIpc) is 2.14. The van der Waals surface area contributed by atoms with Gasteiger partial charge in [-0.25, -0.2) is 0 Å². The molecule has 0 N–H and O–H groups in total. The zero-order chi connectivity index (χ0) is 6.85. The van der Waals surface area contributed by atoms with Crippen LogP contribution in [0.3, 0.4) is 0 Å². The largest absolute Gasteiger partial charge is 0.350 e. The Morgan fingerprint density at radius 2 is 2.11 bits per heavy atom. The van der Waals surface area contributed by atoms with Crippen LogP contribution in [0.4, 0.5) is 0 Å². The Labute approximate surface area is 56.2 Å². The summed E-state index contributed by atoms with van der Waals surface area (Å²) in [6.45, 7) is 6.99. The second kappa shape index (κ2) is 2.67. The molecule has 0 amide bonds. The van der Waals surface area contributed by atoms with Gasteiger partial charge in [0.05, 0.1) is 12.7 Å². The Kier molecular flexibility index (Phi) is 2.09. The van der Waals surface area contributed by atoms with E-state index in [4.69, 9.17) is 9.47 Å². The minimum Gasteiger partial charge on any atom is -0.350 e. The number of ether oxygens (including phenoxy) is 2. The van der Waals surface area contributed by atoms with Crippen LogP contribution in [0.15, 0.2) is 0 Å². The van der Waals surface area contributed by atoms with Gasteiger partial charge in [0.15, 0.2) is 6.29 Å². The molecular weight excluding hydrogens is 116 g/mol. The highest BCUT2D eigenvalue weighted by Gasteiger charge is 2.24. The van der Waals surface area contributed by atoms with Crippen molar-refractivity contribution in [3.63, 3.8) is 0 Å². The SMILES string of the molecule is CC1OC[C@H](C(C)C)O1. The number of rotatable bonds is 1. The van der Waals surface area contributed by atoms with Crippen LogP contribution >= 0.6 is 0 Å². The van der Waals surface area contributed by atoms with E-state index in [2.05, 4.69) is 13.8 Å². The molecule has 2 nitrogen and oxygen atoms in total. The van der Waals surface area contributed by atoms with E-state index >= 15 is 0 Å². The highest BCUT2D eigenvalue weighted by molar-refractivity contribution is 4.66. The smallest absolute Gasteiger partial charge is 0.155 e. The average molecular weight is 130 g/mol. The van der Waals surface area contributed by atoms with E-state index in [1.807, 2.05) is 6.92 Å². The van der Waals surface area contributed by atoms with Crippen LogP contribution in [0, 0.1) is 5.92 Å². The molecule has 0 radical (unpaired) electrons. The van der Waals surface area contributed by atoms with E-state index in [1.54, 1.807) is 0 Å². The van der Waals surface area contributed by atoms with E-state index in [0.717, 1.165) is 6.61 Å². The van der Waals surface area contributed by atoms with Gasteiger partial charge in [0.2, 0.25) is 0 Å². The zero-order valence-corrected chi connectivity index (χ0v) is 6.26. The third-order valence-electron chi connectivity index (χ3n) is 1.61. The second-order valence-corrected chi connectivity index (χ2v) is 2.82. The Bertz CT molecular complexity index is 90.9. The molecule has 9 heavy (non-hydrogen) atoms. The van der Waals surface area contributed by atoms with Gasteiger partial charge in [-0.1, -0.05) is 13.8 Å². The van der Waals surface area contributed by atoms with Crippen LogP contribution in [-0.4, -0.2) is 19.0 Å². The van der Waals surface area contributed by atoms with Gasteiger partial charge in [-0.3, -0.25) is 0 Å². The van der Waals surface area contributed by atoms with Gasteiger partial charge in [0.25, 0.3) is 0 Å². The van der Waals surface area contributed by atoms with E-state index < -0.39 is 0 Å². The van der Waals surface area contributed by atoms with Gasteiger partial charge >= 0.3 is 0 Å². The van der Waals surface area contributed by atoms with Crippen LogP contribution in [0.25, 0.3) is 0 Å². The molecule has 1 aliphatic heterocycles. The minimum atomic E-state index is 0.0115. The molecule has 2 heteroatoms. The fraction of sp³-hybridized carbons (Fsp3) is 1.00. The van der Waals surface area contributed by atoms with E-state index in [9.17, 15) is 0 Å². The number of hydrogen-bond acceptors (Lipinski definition) is 2. The lowest BCUT2D eigenvalue weighted by atomic mass is 10.1. The first-order valence-electron chi connectivity index (χ1n) is 3.47. The summed E-state index contributed by atoms with van der Waals surface area (Å²) in [5.74, 6) is 0.579. The Hall–Kier alpha value is -0.0800. The third kappa shape index (κ3) is 1.66. The molecule has 0 saturated carbocycles. The molecule has 1 unspecified atom stereocenters. The van der Waals surface area contributed by atoms with Crippen molar-refractivity contribution in [1.82, 2.24) is 0 Å². The van der Waals surface area contributed by atoms with Crippen molar-refractivity contribution in [2.75, 3.05) is 6.61 Å². The molecule has 0 aromatic carbocycles. The maximum Gasteiger partial charge on any atom is 0.155 e. The van der Waals surface area contributed by atoms with Crippen LogP contribution in [-0.2, 0) is 9.47 Å². The molecule has 0 aromatic rings. The summed E-state index contributed by atoms with van der Waals surface area (Å²) in [5, 5.41) is 0. The summed E-state index contributed by atoms with van der Waals surface area (Å²) in [6, 6.07) is 0. The normalized spacial score (nSPS) is 36.0. The summed E-state index contributed by atoms with van der Waals surface area (Å²) in [6.07, 6.45) is 0.331. The van der Waals surface area contributed by atoms with Gasteiger partial charge in [-0.2, -0.15) is 0 Å². The first-order chi connectivity index (χ1) is 4.20. The molecule has 0 aromatic heterocycles. The van der Waals surface area contributed by atoms with Crippen molar-refractivity contribution in [3.8, 4) is 0 Å². The Morgan fingerprint density at radius 1 is 1.44 bits per heavy atom. The molecule has 1 fully saturated rings. The van der Waals surface area contributed by atoms with Crippen molar-refractivity contribution in [2.24, 2.45) is 5.92 Å². The van der Waals surface area contributed by atoms with E-state index in [-0.39, 0.29) is 6.29 Å². The Morgan fingerprint density at radius 3 is 2.33 bits per heavy atom. The van der Waals surface area contributed by atoms with Crippen molar-refractivity contribution in [2.45, 2.75) is 33.2 Å². The van der Waals surface area contributed by atoms with Gasteiger partial charge in [-0.15, -0.1) is 0 Å². The van der Waals surface area contributed by atoms with Crippen molar-refractivity contribution in [1.29, 1.82) is 0 Å². The number of hydrogen-bond donors (Lipinski definition) is 0. The summed E-state index contributed by atoms with van der Waals surface area (Å²) in [4.78, 5) is 0. The predicted molar refractivity (Wildman–Crippen MR) is 35.1 cm³/mol. The minimum absolute atomic E-state index is 0.0115. The topological polar surface area (TPSA) is 18.5 Å². The highest BCUT2D eigenvalue weighted by atomic mass is 16.7. The van der Waals surface area contributed by atoms with E-state index in [1.165, 1.54) is 0 Å². The van der Waals surface area contributed by atoms with Gasteiger partial charge in [-0.05, 0) is 12.8 Å². The maximum atomic E-state index is 5.40. The first kappa shape index (κ1) is 7.03. The van der Waals surface area contributed by atoms with Gasteiger partial charge < -0.3 is 9.47 Å². The molecular formula is C7H14O2. The van der Waals surface area contributed by atoms with Gasteiger partial charge in [0, 0.05) is 0 Å². The molecule has 1 heterocycles. The molecule has 2 atom stereocenters. The first-order valence-corrected chi connectivity index (χ1v) is 3.47. The van der Waals surface area contributed by atoms with Crippen molar-refractivity contribution < 1.29 is 9.47 Å². The standard InChI is InChI=1S/C7H14O2/c1-5(2)7-4-8-6(3)9-7/h5-7H,4H2,1-3H3/t6?,7-/m1/s1. The van der Waals surface area contributed by atoms with Crippen LogP contribution in [0.1, 0.15) is 20.8 Å². The summed E-state index contributed by atoms with van der Waals surface area (Å²) >= 11 is 0. The molecule has 54 valence electrons. The lowest BCUT2D eigenvalue weighted by Crippen LogP contribution is -2.17. The summed E-state index contributed by atoms with van der Waals surface area (Å²) in [5.41, 5.74) is 0. The van der Waals surface area contributed by atoms with Gasteiger partial charge in [0.1, 0.15) is 0 Å². The fourth-order valence-corrected chi connectivity index (χ4v) is 0.905. The summed E-state index contributed by atoms with van der Waals surface area (Å²) in [7, 11) is 0. The monoisotopic (exact) mass is 130 g/mol. The molecule has 0 bridgehead atoms. The molecule has 1 rings (SSSR count). The molecule has 1 aliphatic rings. The highest BCUT2D eigenvalue weighted by Crippen LogP contribution is 2.17. The van der Waals surface area contributed by atoms with Crippen molar-refractivity contribution in [3.05, 3.63) is 0 Å². The molecule has 0 aliphatic carbocycles. The Balaban J connectivity index is 2.30. The predicted octanol–water partition coefficient (Wildman–Crippen LogP) is 1.40. The molecule has 0 spiro atoms. The van der Waals surface area contributed by atoms with Crippen LogP contribution in [0.5, 0.6) is 0 Å². The zero-order valence-electron chi connectivity index (χ0n) is 6.26. The van der Waals surface area contributed by atoms with E-state index in [0.29, 0.717) is 12.0 Å². The fourth-order valence-electron chi connectivity index (χ4n) is 0.905. The summed E-state index contributed by atoms with van der Waals surface area (Å²) < 4.78 is 10.6. The van der Waals surface area contributed by atoms with Crippen molar-refractivity contribution >= 4 is 0 Å². The quantitative estimate of drug-likeness (QED) is 0.534. The maximum absolute atomic E-state index is 5.40. The third-order valence-corrected chi connectivity index (χ3v) is 1.61. The van der Waals surface area contributed by atoms with Crippen LogP contribution < -0.4 is 0 Å².